The Morgan fingerprint density at radius 2 is 2.00 bits per heavy atom. The lowest BCUT2D eigenvalue weighted by molar-refractivity contribution is 0.171. The van der Waals surface area contributed by atoms with E-state index in [0.29, 0.717) is 6.04 Å². The molecule has 1 aliphatic rings. The summed E-state index contributed by atoms with van der Waals surface area (Å²) in [5, 5.41) is 0. The molecule has 0 aromatic rings. The Hall–Kier alpha value is -0.120. The van der Waals surface area contributed by atoms with Gasteiger partial charge in [-0.05, 0) is 38.3 Å². The largest absolute Gasteiger partial charge is 0.329 e. The van der Waals surface area contributed by atoms with Crippen LogP contribution in [0.4, 0.5) is 0 Å². The quantitative estimate of drug-likeness (QED) is 0.666. The Balaban J connectivity index is 2.22. The van der Waals surface area contributed by atoms with Gasteiger partial charge in [0.2, 0.25) is 0 Å². The van der Waals surface area contributed by atoms with Crippen LogP contribution in [-0.2, 0) is 0 Å². The molecule has 1 saturated heterocycles. The fourth-order valence-corrected chi connectivity index (χ4v) is 2.12. The van der Waals surface area contributed by atoms with Crippen LogP contribution in [0.3, 0.4) is 0 Å². The molecule has 13 heavy (non-hydrogen) atoms. The highest BCUT2D eigenvalue weighted by Crippen LogP contribution is 2.20. The van der Waals surface area contributed by atoms with Gasteiger partial charge in [0, 0.05) is 19.1 Å². The van der Waals surface area contributed by atoms with Crippen LogP contribution in [0.25, 0.3) is 0 Å². The van der Waals surface area contributed by atoms with Gasteiger partial charge in [-0.3, -0.25) is 0 Å². The summed E-state index contributed by atoms with van der Waals surface area (Å²) in [7, 11) is 0. The summed E-state index contributed by atoms with van der Waals surface area (Å²) in [6.07, 6.45) is 3.63. The van der Waals surface area contributed by atoms with Crippen molar-refractivity contribution in [2.24, 2.45) is 17.4 Å². The standard InChI is InChI=1S/C10H23N3/c1-2-10(12)9-3-6-13(7-4-9)8-5-11/h9-10H,2-8,11-12H2,1H3. The zero-order chi connectivity index (χ0) is 9.68. The molecule has 1 unspecified atom stereocenters. The molecule has 0 bridgehead atoms. The Kier molecular flexibility index (Phi) is 4.70. The predicted octanol–water partition coefficient (Wildman–Crippen LogP) is 0.394. The van der Waals surface area contributed by atoms with Crippen molar-refractivity contribution in [2.45, 2.75) is 32.2 Å². The Morgan fingerprint density at radius 3 is 2.46 bits per heavy atom. The lowest BCUT2D eigenvalue weighted by Crippen LogP contribution is -2.42. The normalized spacial score (nSPS) is 23.3. The second kappa shape index (κ2) is 5.58. The molecule has 0 spiro atoms. The fraction of sp³-hybridized carbons (Fsp3) is 1.00. The zero-order valence-electron chi connectivity index (χ0n) is 8.71. The van der Waals surface area contributed by atoms with E-state index in [-0.39, 0.29) is 0 Å². The summed E-state index contributed by atoms with van der Waals surface area (Å²) in [5.41, 5.74) is 11.5. The molecule has 0 aromatic heterocycles. The van der Waals surface area contributed by atoms with E-state index in [1.165, 1.54) is 25.9 Å². The molecule has 1 fully saturated rings. The van der Waals surface area contributed by atoms with Crippen molar-refractivity contribution in [3.05, 3.63) is 0 Å². The molecule has 4 N–H and O–H groups in total. The SMILES string of the molecule is CCC(N)C1CCN(CCN)CC1. The minimum absolute atomic E-state index is 0.417. The van der Waals surface area contributed by atoms with Gasteiger partial charge in [-0.25, -0.2) is 0 Å². The van der Waals surface area contributed by atoms with E-state index in [1.54, 1.807) is 0 Å². The lowest BCUT2D eigenvalue weighted by atomic mass is 9.88. The van der Waals surface area contributed by atoms with E-state index in [9.17, 15) is 0 Å². The first-order valence-corrected chi connectivity index (χ1v) is 5.46. The second-order valence-electron chi connectivity index (χ2n) is 4.04. The molecule has 1 rings (SSSR count). The summed E-state index contributed by atoms with van der Waals surface area (Å²) in [4.78, 5) is 2.44. The van der Waals surface area contributed by atoms with Crippen molar-refractivity contribution in [1.29, 1.82) is 0 Å². The number of hydrogen-bond donors (Lipinski definition) is 2. The van der Waals surface area contributed by atoms with Crippen molar-refractivity contribution in [2.75, 3.05) is 26.2 Å². The maximum absolute atomic E-state index is 6.02. The molecule has 1 heterocycles. The first kappa shape index (κ1) is 11.0. The van der Waals surface area contributed by atoms with Crippen LogP contribution < -0.4 is 11.5 Å². The average Bonchev–Trinajstić information content (AvgIpc) is 2.18. The van der Waals surface area contributed by atoms with Crippen LogP contribution in [0.5, 0.6) is 0 Å². The van der Waals surface area contributed by atoms with E-state index >= 15 is 0 Å². The molecule has 0 aliphatic carbocycles. The third-order valence-corrected chi connectivity index (χ3v) is 3.15. The molecular formula is C10H23N3. The summed E-state index contributed by atoms with van der Waals surface area (Å²) in [5.74, 6) is 0.749. The third-order valence-electron chi connectivity index (χ3n) is 3.15. The molecule has 3 heteroatoms. The van der Waals surface area contributed by atoms with Gasteiger partial charge in [-0.1, -0.05) is 6.92 Å². The molecule has 0 aromatic carbocycles. The van der Waals surface area contributed by atoms with Crippen LogP contribution in [0.2, 0.25) is 0 Å². The maximum atomic E-state index is 6.02. The van der Waals surface area contributed by atoms with E-state index in [4.69, 9.17) is 11.5 Å². The Labute approximate surface area is 81.5 Å². The lowest BCUT2D eigenvalue weighted by Gasteiger charge is -2.34. The van der Waals surface area contributed by atoms with Gasteiger partial charge in [-0.15, -0.1) is 0 Å². The Bertz CT molecular complexity index is 130. The molecule has 3 nitrogen and oxygen atoms in total. The first-order chi connectivity index (χ1) is 6.27. The minimum atomic E-state index is 0.417. The van der Waals surface area contributed by atoms with Crippen LogP contribution in [-0.4, -0.2) is 37.1 Å². The molecule has 0 amide bonds. The number of rotatable bonds is 4. The van der Waals surface area contributed by atoms with Crippen molar-refractivity contribution in [3.63, 3.8) is 0 Å². The van der Waals surface area contributed by atoms with E-state index in [2.05, 4.69) is 11.8 Å². The molecular weight excluding hydrogens is 162 g/mol. The number of nitrogens with zero attached hydrogens (tertiary/aromatic N) is 1. The smallest absolute Gasteiger partial charge is 0.0105 e. The van der Waals surface area contributed by atoms with Gasteiger partial charge in [0.05, 0.1) is 0 Å². The van der Waals surface area contributed by atoms with Crippen LogP contribution in [0.1, 0.15) is 26.2 Å². The highest BCUT2D eigenvalue weighted by Gasteiger charge is 2.22. The molecule has 1 aliphatic heterocycles. The Morgan fingerprint density at radius 1 is 1.38 bits per heavy atom. The highest BCUT2D eigenvalue weighted by atomic mass is 15.1. The number of likely N-dealkylation sites (tertiary alicyclic amines) is 1. The summed E-state index contributed by atoms with van der Waals surface area (Å²) >= 11 is 0. The monoisotopic (exact) mass is 185 g/mol. The van der Waals surface area contributed by atoms with E-state index in [0.717, 1.165) is 25.4 Å². The van der Waals surface area contributed by atoms with Crippen molar-refractivity contribution < 1.29 is 0 Å². The molecule has 1 atom stereocenters. The molecule has 78 valence electrons. The van der Waals surface area contributed by atoms with Crippen molar-refractivity contribution in [3.8, 4) is 0 Å². The van der Waals surface area contributed by atoms with Gasteiger partial charge in [0.15, 0.2) is 0 Å². The van der Waals surface area contributed by atoms with Gasteiger partial charge < -0.3 is 16.4 Å². The highest BCUT2D eigenvalue weighted by molar-refractivity contribution is 4.79. The number of nitrogens with two attached hydrogens (primary N) is 2. The summed E-state index contributed by atoms with van der Waals surface area (Å²) in [6, 6.07) is 0.417. The summed E-state index contributed by atoms with van der Waals surface area (Å²) < 4.78 is 0. The number of hydrogen-bond acceptors (Lipinski definition) is 3. The number of piperidine rings is 1. The maximum Gasteiger partial charge on any atom is 0.0105 e. The minimum Gasteiger partial charge on any atom is -0.329 e. The van der Waals surface area contributed by atoms with Crippen LogP contribution >= 0.6 is 0 Å². The molecule has 0 radical (unpaired) electrons. The third kappa shape index (κ3) is 3.25. The van der Waals surface area contributed by atoms with E-state index in [1.807, 2.05) is 0 Å². The molecule has 0 saturated carbocycles. The van der Waals surface area contributed by atoms with Gasteiger partial charge in [-0.2, -0.15) is 0 Å². The van der Waals surface area contributed by atoms with Crippen LogP contribution in [0, 0.1) is 5.92 Å². The van der Waals surface area contributed by atoms with Crippen LogP contribution in [0.15, 0.2) is 0 Å². The average molecular weight is 185 g/mol. The van der Waals surface area contributed by atoms with Crippen molar-refractivity contribution in [1.82, 2.24) is 4.90 Å². The summed E-state index contributed by atoms with van der Waals surface area (Å²) in [6.45, 7) is 6.39. The second-order valence-corrected chi connectivity index (χ2v) is 4.04. The van der Waals surface area contributed by atoms with Crippen molar-refractivity contribution >= 4 is 0 Å². The predicted molar refractivity (Wildman–Crippen MR) is 56.5 cm³/mol. The fourth-order valence-electron chi connectivity index (χ4n) is 2.12. The van der Waals surface area contributed by atoms with Gasteiger partial charge in [0.1, 0.15) is 0 Å². The first-order valence-electron chi connectivity index (χ1n) is 5.46. The van der Waals surface area contributed by atoms with Gasteiger partial charge >= 0.3 is 0 Å². The zero-order valence-corrected chi connectivity index (χ0v) is 8.71. The van der Waals surface area contributed by atoms with E-state index < -0.39 is 0 Å². The topological polar surface area (TPSA) is 55.3 Å². The van der Waals surface area contributed by atoms with Gasteiger partial charge in [0.25, 0.3) is 0 Å².